The van der Waals surface area contributed by atoms with Crippen LogP contribution in [0.1, 0.15) is 83.1 Å². The first-order valence-electron chi connectivity index (χ1n) is 16.0. The van der Waals surface area contributed by atoms with Crippen molar-refractivity contribution in [2.75, 3.05) is 38.3 Å². The fraction of sp³-hybridized carbons (Fsp3) is 0.611. The van der Waals surface area contributed by atoms with Gasteiger partial charge in [-0.2, -0.15) is 0 Å². The Morgan fingerprint density at radius 1 is 1.17 bits per heavy atom. The van der Waals surface area contributed by atoms with Crippen LogP contribution in [0, 0.1) is 40.4 Å². The number of nitrogens with zero attached hydrogens (tertiary/aromatic N) is 2. The lowest BCUT2D eigenvalue weighted by molar-refractivity contribution is -0.136. The molecule has 6 rings (SSSR count). The molecule has 4 aliphatic carbocycles. The Kier molecular flexibility index (Phi) is 8.11. The van der Waals surface area contributed by atoms with E-state index in [1.165, 1.54) is 41.7 Å². The average Bonchev–Trinajstić information content (AvgIpc) is 3.33. The van der Waals surface area contributed by atoms with Gasteiger partial charge in [-0.05, 0) is 116 Å². The highest BCUT2D eigenvalue weighted by molar-refractivity contribution is 5.97. The summed E-state index contributed by atoms with van der Waals surface area (Å²) in [5.41, 5.74) is 6.55. The second-order valence-electron chi connectivity index (χ2n) is 13.5. The van der Waals surface area contributed by atoms with Gasteiger partial charge in [-0.1, -0.05) is 48.5 Å². The summed E-state index contributed by atoms with van der Waals surface area (Å²) in [4.78, 5) is 16.5. The smallest absolute Gasteiger partial charge is 0.176 e. The number of benzene rings is 1. The maximum Gasteiger partial charge on any atom is 0.176 e. The van der Waals surface area contributed by atoms with Crippen molar-refractivity contribution in [2.24, 2.45) is 33.7 Å². The lowest BCUT2D eigenvalue weighted by Gasteiger charge is -2.55. The van der Waals surface area contributed by atoms with E-state index in [1.807, 2.05) is 0 Å². The Morgan fingerprint density at radius 3 is 2.62 bits per heavy atom. The Balaban J connectivity index is 1.49. The zero-order valence-corrected chi connectivity index (χ0v) is 25.5. The normalized spacial score (nSPS) is 35.1. The molecule has 0 bridgehead atoms. The molecule has 5 aliphatic rings. The van der Waals surface area contributed by atoms with Crippen molar-refractivity contribution in [3.8, 4) is 11.8 Å². The molecule has 1 unspecified atom stereocenters. The van der Waals surface area contributed by atoms with Crippen LogP contribution in [0.5, 0.6) is 0 Å². The van der Waals surface area contributed by atoms with Crippen LogP contribution >= 0.6 is 0 Å². The van der Waals surface area contributed by atoms with Crippen LogP contribution < -0.4 is 4.90 Å². The van der Waals surface area contributed by atoms with Gasteiger partial charge in [0.05, 0.1) is 11.1 Å². The van der Waals surface area contributed by atoms with Crippen molar-refractivity contribution in [1.82, 2.24) is 0 Å². The lowest BCUT2D eigenvalue weighted by Crippen LogP contribution is -2.52. The Labute approximate surface area is 250 Å². The third kappa shape index (κ3) is 4.64. The van der Waals surface area contributed by atoms with E-state index in [-0.39, 0.29) is 30.3 Å². The molecule has 1 aromatic carbocycles. The molecular formula is C36H46N2O4. The topological polar surface area (TPSA) is 82.4 Å². The van der Waals surface area contributed by atoms with E-state index in [9.17, 15) is 15.1 Å². The molecule has 0 radical (unpaired) electrons. The molecule has 3 fully saturated rings. The van der Waals surface area contributed by atoms with E-state index >= 15 is 0 Å². The number of carbonyl (C=O) groups is 1. The summed E-state index contributed by atoms with van der Waals surface area (Å²) < 4.78 is 5.41. The van der Waals surface area contributed by atoms with Crippen molar-refractivity contribution in [3.63, 3.8) is 0 Å². The van der Waals surface area contributed by atoms with Crippen LogP contribution in [0.4, 0.5) is 5.69 Å². The molecule has 0 aromatic heterocycles. The van der Waals surface area contributed by atoms with Crippen LogP contribution in [0.2, 0.25) is 0 Å². The number of anilines is 1. The molecule has 0 amide bonds. The van der Waals surface area contributed by atoms with Crippen molar-refractivity contribution in [1.29, 1.82) is 0 Å². The molecule has 0 spiro atoms. The van der Waals surface area contributed by atoms with Gasteiger partial charge in [0.1, 0.15) is 13.2 Å². The standard InChI is InChI=1S/C36H46N2O4/c1-24-20-30-32-14-16-36(15-7-19-39,33(40)23-42-3)35(32,2)22-31(34(30)28-13-10-26(37-41)21-29(24)28)25-8-11-27(12-9-25)38-17-5-4-6-18-38/h8-9,11-12,21,24,30-32,39,41H,4-6,10,13-14,16-20,22-23H2,1-3H3/t24?,30-,31+,32-,35-,36+/m0/s1. The highest BCUT2D eigenvalue weighted by atomic mass is 16.5. The average molecular weight is 571 g/mol. The number of rotatable bonds is 5. The number of allylic oxidation sites excluding steroid dienone is 4. The molecule has 1 aromatic rings. The minimum absolute atomic E-state index is 0.0444. The summed E-state index contributed by atoms with van der Waals surface area (Å²) in [5.74, 6) is 7.56. The van der Waals surface area contributed by atoms with Gasteiger partial charge in [-0.3, -0.25) is 4.79 Å². The highest BCUT2D eigenvalue weighted by Crippen LogP contribution is 2.70. The van der Waals surface area contributed by atoms with Gasteiger partial charge in [0, 0.05) is 31.8 Å². The summed E-state index contributed by atoms with van der Waals surface area (Å²) in [6.07, 6.45) is 11.1. The molecular weight excluding hydrogens is 524 g/mol. The highest BCUT2D eigenvalue weighted by Gasteiger charge is 2.65. The number of aliphatic hydroxyl groups excluding tert-OH is 1. The summed E-state index contributed by atoms with van der Waals surface area (Å²) in [6.45, 7) is 6.66. The van der Waals surface area contributed by atoms with Crippen molar-refractivity contribution >= 4 is 17.2 Å². The molecule has 2 N–H and O–H groups in total. The SMILES string of the molecule is COCC(=O)[C@@]1(C#CCO)CC[C@H]2[C@@H]3CC(C)C4=CC(=NO)CCC4=C3[C@@H](c3ccc(N4CCCCC4)cc3)C[C@@]21C. The van der Waals surface area contributed by atoms with Gasteiger partial charge in [-0.15, -0.1) is 0 Å². The van der Waals surface area contributed by atoms with Gasteiger partial charge >= 0.3 is 0 Å². The monoisotopic (exact) mass is 570 g/mol. The predicted octanol–water partition coefficient (Wildman–Crippen LogP) is 6.28. The molecule has 6 atom stereocenters. The number of carbonyl (C=O) groups excluding carboxylic acids is 1. The summed E-state index contributed by atoms with van der Waals surface area (Å²) >= 11 is 0. The minimum atomic E-state index is -0.832. The maximum absolute atomic E-state index is 13.9. The quantitative estimate of drug-likeness (QED) is 0.247. The number of ketones is 1. The summed E-state index contributed by atoms with van der Waals surface area (Å²) in [6, 6.07) is 9.28. The van der Waals surface area contributed by atoms with Crippen LogP contribution in [0.3, 0.4) is 0 Å². The molecule has 6 heteroatoms. The number of fused-ring (bicyclic) bond motifs is 4. The first kappa shape index (κ1) is 29.2. The molecule has 42 heavy (non-hydrogen) atoms. The van der Waals surface area contributed by atoms with Gasteiger partial charge in [0.2, 0.25) is 0 Å². The molecule has 224 valence electrons. The van der Waals surface area contributed by atoms with E-state index in [4.69, 9.17) is 4.74 Å². The van der Waals surface area contributed by atoms with Crippen molar-refractivity contribution in [3.05, 3.63) is 52.6 Å². The second kappa shape index (κ2) is 11.7. The number of hydrogen-bond acceptors (Lipinski definition) is 6. The first-order valence-corrected chi connectivity index (χ1v) is 16.0. The largest absolute Gasteiger partial charge is 0.411 e. The van der Waals surface area contributed by atoms with Crippen LogP contribution in [-0.2, 0) is 9.53 Å². The third-order valence-electron chi connectivity index (χ3n) is 11.6. The summed E-state index contributed by atoms with van der Waals surface area (Å²) in [5, 5.41) is 22.9. The molecule has 1 saturated heterocycles. The van der Waals surface area contributed by atoms with Crippen LogP contribution in [0.15, 0.2) is 52.2 Å². The number of Topliss-reactive ketones (excluding diaryl/α,β-unsaturated/α-hetero) is 1. The van der Waals surface area contributed by atoms with Crippen molar-refractivity contribution in [2.45, 2.75) is 77.6 Å². The number of aliphatic hydroxyl groups is 1. The van der Waals surface area contributed by atoms with E-state index < -0.39 is 5.41 Å². The first-order chi connectivity index (χ1) is 20.4. The third-order valence-corrected chi connectivity index (χ3v) is 11.6. The van der Waals surface area contributed by atoms with Crippen LogP contribution in [-0.4, -0.2) is 55.2 Å². The predicted molar refractivity (Wildman–Crippen MR) is 166 cm³/mol. The Bertz CT molecular complexity index is 1360. The Hall–Kier alpha value is -2.88. The number of ether oxygens (including phenoxy) is 1. The lowest BCUT2D eigenvalue weighted by atomic mass is 9.47. The number of hydrogen-bond donors (Lipinski definition) is 2. The fourth-order valence-corrected chi connectivity index (χ4v) is 9.62. The van der Waals surface area contributed by atoms with Gasteiger partial charge in [-0.25, -0.2) is 0 Å². The fourth-order valence-electron chi connectivity index (χ4n) is 9.62. The van der Waals surface area contributed by atoms with E-state index in [2.05, 4.69) is 66.1 Å². The zero-order chi connectivity index (χ0) is 29.5. The van der Waals surface area contributed by atoms with E-state index in [0.29, 0.717) is 24.2 Å². The second-order valence-corrected chi connectivity index (χ2v) is 13.5. The molecule has 1 aliphatic heterocycles. The zero-order valence-electron chi connectivity index (χ0n) is 25.5. The number of oxime groups is 1. The number of methoxy groups -OCH3 is 1. The van der Waals surface area contributed by atoms with Gasteiger partial charge in [0.15, 0.2) is 5.78 Å². The Morgan fingerprint density at radius 2 is 1.93 bits per heavy atom. The van der Waals surface area contributed by atoms with Crippen molar-refractivity contribution < 1.29 is 19.8 Å². The maximum atomic E-state index is 13.9. The molecule has 1 heterocycles. The van der Waals surface area contributed by atoms with E-state index in [0.717, 1.165) is 50.9 Å². The van der Waals surface area contributed by atoms with Gasteiger partial charge < -0.3 is 20.0 Å². The number of piperidine rings is 1. The summed E-state index contributed by atoms with van der Waals surface area (Å²) in [7, 11) is 1.58. The van der Waals surface area contributed by atoms with Crippen LogP contribution in [0.25, 0.3) is 0 Å². The van der Waals surface area contributed by atoms with Gasteiger partial charge in [0.25, 0.3) is 0 Å². The molecule has 2 saturated carbocycles. The molecule has 6 nitrogen and oxygen atoms in total. The van der Waals surface area contributed by atoms with E-state index in [1.54, 1.807) is 12.7 Å². The minimum Gasteiger partial charge on any atom is -0.411 e.